The summed E-state index contributed by atoms with van der Waals surface area (Å²) >= 11 is 3.34. The van der Waals surface area contributed by atoms with E-state index >= 15 is 0 Å². The number of rotatable bonds is 1. The quantitative estimate of drug-likeness (QED) is 0.834. The van der Waals surface area contributed by atoms with Crippen LogP contribution in [-0.2, 0) is 0 Å². The minimum absolute atomic E-state index is 0.167. The van der Waals surface area contributed by atoms with Crippen molar-refractivity contribution in [2.24, 2.45) is 0 Å². The van der Waals surface area contributed by atoms with Gasteiger partial charge in [-0.25, -0.2) is 0 Å². The van der Waals surface area contributed by atoms with E-state index in [0.29, 0.717) is 11.3 Å². The Morgan fingerprint density at radius 3 is 2.80 bits per heavy atom. The van der Waals surface area contributed by atoms with Crippen LogP contribution in [0.3, 0.4) is 0 Å². The molecular weight excluding hydrogens is 260 g/mol. The highest BCUT2D eigenvalue weighted by Crippen LogP contribution is 2.38. The molecule has 2 rings (SSSR count). The van der Waals surface area contributed by atoms with E-state index < -0.39 is 0 Å². The van der Waals surface area contributed by atoms with Crippen LogP contribution in [0.1, 0.15) is 5.56 Å². The molecular formula is C10H9BrN2O2. The lowest BCUT2D eigenvalue weighted by Gasteiger charge is -2.05. The second-order valence-corrected chi connectivity index (χ2v) is 4.06. The van der Waals surface area contributed by atoms with Crippen LogP contribution in [0.4, 0.5) is 5.82 Å². The summed E-state index contributed by atoms with van der Waals surface area (Å²) in [7, 11) is 0. The Morgan fingerprint density at radius 2 is 2.20 bits per heavy atom. The second kappa shape index (κ2) is 3.58. The predicted octanol–water partition coefficient (Wildman–Crippen LogP) is 2.70. The number of nitrogens with two attached hydrogens (primary N) is 1. The number of phenolic OH excluding ortho intramolecular Hbond substituents is 1. The van der Waals surface area contributed by atoms with Crippen LogP contribution in [0.2, 0.25) is 0 Å². The van der Waals surface area contributed by atoms with Crippen LogP contribution in [0.25, 0.3) is 11.3 Å². The second-order valence-electron chi connectivity index (χ2n) is 3.20. The van der Waals surface area contributed by atoms with Gasteiger partial charge in [-0.2, -0.15) is 0 Å². The van der Waals surface area contributed by atoms with Crippen LogP contribution in [0.15, 0.2) is 27.2 Å². The lowest BCUT2D eigenvalue weighted by Crippen LogP contribution is -1.83. The molecule has 5 heteroatoms. The number of aromatic nitrogens is 1. The molecule has 0 saturated carbocycles. The number of aromatic hydroxyl groups is 1. The van der Waals surface area contributed by atoms with Gasteiger partial charge in [-0.3, -0.25) is 0 Å². The molecule has 0 aliphatic carbocycles. The van der Waals surface area contributed by atoms with E-state index in [1.807, 2.05) is 19.1 Å². The van der Waals surface area contributed by atoms with E-state index in [1.165, 1.54) is 0 Å². The number of halogens is 1. The van der Waals surface area contributed by atoms with Gasteiger partial charge in [0.2, 0.25) is 0 Å². The molecule has 1 heterocycles. The zero-order chi connectivity index (χ0) is 11.0. The number of anilines is 1. The Morgan fingerprint density at radius 1 is 1.47 bits per heavy atom. The lowest BCUT2D eigenvalue weighted by molar-refractivity contribution is 0.428. The van der Waals surface area contributed by atoms with Crippen LogP contribution in [0, 0.1) is 6.92 Å². The number of nitrogens with zero attached hydrogens (tertiary/aromatic N) is 1. The van der Waals surface area contributed by atoms with E-state index in [1.54, 1.807) is 6.07 Å². The Kier molecular flexibility index (Phi) is 2.40. The molecule has 4 nitrogen and oxygen atoms in total. The Labute approximate surface area is 94.8 Å². The van der Waals surface area contributed by atoms with Gasteiger partial charge >= 0.3 is 0 Å². The van der Waals surface area contributed by atoms with E-state index in [4.69, 9.17) is 10.3 Å². The van der Waals surface area contributed by atoms with Crippen LogP contribution in [0.5, 0.6) is 5.75 Å². The minimum Gasteiger partial charge on any atom is -0.507 e. The molecule has 0 aliphatic rings. The van der Waals surface area contributed by atoms with Crippen molar-refractivity contribution in [1.82, 2.24) is 5.16 Å². The average molecular weight is 269 g/mol. The average Bonchev–Trinajstić information content (AvgIpc) is 2.59. The number of hydrogen-bond acceptors (Lipinski definition) is 4. The monoisotopic (exact) mass is 268 g/mol. The smallest absolute Gasteiger partial charge is 0.173 e. The van der Waals surface area contributed by atoms with Gasteiger partial charge in [0.1, 0.15) is 5.75 Å². The molecule has 0 spiro atoms. The third kappa shape index (κ3) is 1.70. The number of hydrogen-bond donors (Lipinski definition) is 2. The number of phenols is 1. The maximum atomic E-state index is 9.88. The van der Waals surface area contributed by atoms with E-state index in [2.05, 4.69) is 21.1 Å². The first-order valence-corrected chi connectivity index (χ1v) is 5.09. The molecule has 3 N–H and O–H groups in total. The molecule has 78 valence electrons. The van der Waals surface area contributed by atoms with Crippen molar-refractivity contribution < 1.29 is 9.63 Å². The Bertz CT molecular complexity index is 508. The molecule has 15 heavy (non-hydrogen) atoms. The fourth-order valence-electron chi connectivity index (χ4n) is 1.31. The molecule has 0 aliphatic heterocycles. The molecule has 0 radical (unpaired) electrons. The maximum absolute atomic E-state index is 9.88. The molecule has 0 saturated heterocycles. The number of benzene rings is 1. The van der Waals surface area contributed by atoms with Crippen molar-refractivity contribution in [3.8, 4) is 17.1 Å². The van der Waals surface area contributed by atoms with Crippen molar-refractivity contribution in [2.75, 3.05) is 5.73 Å². The van der Waals surface area contributed by atoms with Crippen molar-refractivity contribution in [3.05, 3.63) is 28.2 Å². The van der Waals surface area contributed by atoms with Gasteiger partial charge in [0.05, 0.1) is 5.56 Å². The molecule has 1 aromatic heterocycles. The molecule has 0 bridgehead atoms. The fraction of sp³-hybridized carbons (Fsp3) is 0.100. The van der Waals surface area contributed by atoms with Gasteiger partial charge in [-0.15, -0.1) is 0 Å². The third-order valence-corrected chi connectivity index (χ3v) is 2.76. The van der Waals surface area contributed by atoms with Gasteiger partial charge in [0, 0.05) is 10.5 Å². The van der Waals surface area contributed by atoms with E-state index in [9.17, 15) is 5.11 Å². The van der Waals surface area contributed by atoms with E-state index in [0.717, 1.165) is 10.0 Å². The zero-order valence-corrected chi connectivity index (χ0v) is 9.58. The van der Waals surface area contributed by atoms with Gasteiger partial charge in [-0.1, -0.05) is 11.2 Å². The Hall–Kier alpha value is -1.49. The highest BCUT2D eigenvalue weighted by molar-refractivity contribution is 9.10. The summed E-state index contributed by atoms with van der Waals surface area (Å²) in [6.07, 6.45) is 0. The fourth-order valence-corrected chi connectivity index (χ4v) is 1.83. The highest BCUT2D eigenvalue weighted by Gasteiger charge is 2.15. The van der Waals surface area contributed by atoms with Crippen molar-refractivity contribution in [3.63, 3.8) is 0 Å². The summed E-state index contributed by atoms with van der Waals surface area (Å²) in [5.41, 5.74) is 6.79. The minimum atomic E-state index is 0.167. The van der Waals surface area contributed by atoms with Crippen LogP contribution < -0.4 is 5.73 Å². The summed E-state index contributed by atoms with van der Waals surface area (Å²) < 4.78 is 5.74. The summed E-state index contributed by atoms with van der Waals surface area (Å²) in [6.45, 7) is 1.81. The molecule has 1 aromatic carbocycles. The Balaban J connectivity index is 2.66. The standard InChI is InChI=1S/C10H9BrN2O2/c1-5-2-3-6(11)9(10(5)14)7-4-8(12)13-15-7/h2-4,14H,1H3,(H2,12,13). The summed E-state index contributed by atoms with van der Waals surface area (Å²) in [6, 6.07) is 5.21. The van der Waals surface area contributed by atoms with Crippen molar-refractivity contribution >= 4 is 21.7 Å². The van der Waals surface area contributed by atoms with Crippen LogP contribution >= 0.6 is 15.9 Å². The third-order valence-electron chi connectivity index (χ3n) is 2.10. The largest absolute Gasteiger partial charge is 0.507 e. The number of nitrogen functional groups attached to an aromatic ring is 1. The molecule has 2 aromatic rings. The first-order valence-electron chi connectivity index (χ1n) is 4.30. The van der Waals surface area contributed by atoms with Gasteiger partial charge in [0.15, 0.2) is 11.6 Å². The normalized spacial score (nSPS) is 10.5. The van der Waals surface area contributed by atoms with Gasteiger partial charge < -0.3 is 15.4 Å². The molecule has 0 amide bonds. The molecule has 0 unspecified atom stereocenters. The lowest BCUT2D eigenvalue weighted by atomic mass is 10.1. The van der Waals surface area contributed by atoms with E-state index in [-0.39, 0.29) is 11.6 Å². The number of aryl methyl sites for hydroxylation is 1. The summed E-state index contributed by atoms with van der Waals surface area (Å²) in [4.78, 5) is 0. The van der Waals surface area contributed by atoms with Gasteiger partial charge in [0.25, 0.3) is 0 Å². The van der Waals surface area contributed by atoms with Gasteiger partial charge in [-0.05, 0) is 34.5 Å². The molecule has 0 fully saturated rings. The first kappa shape index (κ1) is 10.0. The first-order chi connectivity index (χ1) is 7.09. The highest BCUT2D eigenvalue weighted by atomic mass is 79.9. The topological polar surface area (TPSA) is 72.3 Å². The van der Waals surface area contributed by atoms with Crippen molar-refractivity contribution in [1.29, 1.82) is 0 Å². The maximum Gasteiger partial charge on any atom is 0.173 e. The molecule has 0 atom stereocenters. The SMILES string of the molecule is Cc1ccc(Br)c(-c2cc(N)no2)c1O. The summed E-state index contributed by atoms with van der Waals surface area (Å²) in [5, 5.41) is 13.5. The van der Waals surface area contributed by atoms with Crippen LogP contribution in [-0.4, -0.2) is 10.3 Å². The summed E-state index contributed by atoms with van der Waals surface area (Å²) in [5.74, 6) is 0.902. The zero-order valence-electron chi connectivity index (χ0n) is 7.99. The van der Waals surface area contributed by atoms with Crippen molar-refractivity contribution in [2.45, 2.75) is 6.92 Å². The predicted molar refractivity (Wildman–Crippen MR) is 60.5 cm³/mol.